The molecule has 0 atom stereocenters. The van der Waals surface area contributed by atoms with E-state index in [4.69, 9.17) is 0 Å². The van der Waals surface area contributed by atoms with Crippen LogP contribution in [0.1, 0.15) is 50.9 Å². The van der Waals surface area contributed by atoms with Crippen molar-refractivity contribution in [3.8, 4) is 0 Å². The smallest absolute Gasteiger partial charge is 0.253 e. The van der Waals surface area contributed by atoms with Crippen LogP contribution in [-0.2, 0) is 0 Å². The van der Waals surface area contributed by atoms with Gasteiger partial charge in [-0.3, -0.25) is 4.79 Å². The molecule has 1 aromatic rings. The van der Waals surface area contributed by atoms with E-state index in [1.54, 1.807) is 0 Å². The van der Waals surface area contributed by atoms with Gasteiger partial charge >= 0.3 is 0 Å². The molecule has 0 saturated carbocycles. The Kier molecular flexibility index (Phi) is 7.14. The first-order valence-corrected chi connectivity index (χ1v) is 7.93. The summed E-state index contributed by atoms with van der Waals surface area (Å²) in [4.78, 5) is 15.4. The molecule has 0 spiro atoms. The highest BCUT2D eigenvalue weighted by molar-refractivity contribution is 7.80. The summed E-state index contributed by atoms with van der Waals surface area (Å²) >= 11 is 4.32. The second kappa shape index (κ2) is 8.35. The van der Waals surface area contributed by atoms with E-state index in [0.29, 0.717) is 11.8 Å². The van der Waals surface area contributed by atoms with Crippen LogP contribution < -0.4 is 0 Å². The van der Waals surface area contributed by atoms with Crippen molar-refractivity contribution >= 4 is 18.5 Å². The summed E-state index contributed by atoms with van der Waals surface area (Å²) in [6, 6.07) is 7.51. The molecule has 1 amide bonds. The van der Waals surface area contributed by atoms with Crippen LogP contribution in [0.15, 0.2) is 29.2 Å². The van der Waals surface area contributed by atoms with E-state index < -0.39 is 0 Å². The van der Waals surface area contributed by atoms with Crippen LogP contribution >= 0.6 is 12.6 Å². The summed E-state index contributed by atoms with van der Waals surface area (Å²) < 4.78 is 0. The van der Waals surface area contributed by atoms with E-state index in [-0.39, 0.29) is 5.91 Å². The monoisotopic (exact) mass is 293 g/mol. The first-order valence-electron chi connectivity index (χ1n) is 7.48. The topological polar surface area (TPSA) is 20.3 Å². The minimum Gasteiger partial charge on any atom is -0.339 e. The standard InChI is InChI=1S/C17H27NOS/c1-13(2)8-10-18(11-9-14(3)4)17(19)15-6-5-7-16(20)12-15/h5-7,12-14,20H,8-11H2,1-4H3. The first kappa shape index (κ1) is 17.1. The zero-order valence-corrected chi connectivity index (χ0v) is 14.0. The number of carbonyl (C=O) groups excluding carboxylic acids is 1. The molecule has 0 aliphatic rings. The van der Waals surface area contributed by atoms with Crippen LogP contribution in [0.25, 0.3) is 0 Å². The SMILES string of the molecule is CC(C)CCN(CCC(C)C)C(=O)c1cccc(S)c1. The summed E-state index contributed by atoms with van der Waals surface area (Å²) in [6.45, 7) is 10.4. The van der Waals surface area contributed by atoms with Gasteiger partial charge in [-0.2, -0.15) is 0 Å². The van der Waals surface area contributed by atoms with Gasteiger partial charge < -0.3 is 4.90 Å². The Bertz CT molecular complexity index is 417. The largest absolute Gasteiger partial charge is 0.339 e. The average molecular weight is 293 g/mol. The third-order valence-corrected chi connectivity index (χ3v) is 3.61. The van der Waals surface area contributed by atoms with E-state index in [1.165, 1.54) is 0 Å². The van der Waals surface area contributed by atoms with Gasteiger partial charge in [0.2, 0.25) is 0 Å². The van der Waals surface area contributed by atoms with Crippen LogP contribution in [0.4, 0.5) is 0 Å². The minimum absolute atomic E-state index is 0.127. The van der Waals surface area contributed by atoms with E-state index in [9.17, 15) is 4.79 Å². The fraction of sp³-hybridized carbons (Fsp3) is 0.588. The van der Waals surface area contributed by atoms with Gasteiger partial charge in [0.05, 0.1) is 0 Å². The van der Waals surface area contributed by atoms with Crippen LogP contribution in [0.2, 0.25) is 0 Å². The predicted octanol–water partition coefficient (Wildman–Crippen LogP) is 4.51. The van der Waals surface area contributed by atoms with Crippen molar-refractivity contribution in [2.75, 3.05) is 13.1 Å². The van der Waals surface area contributed by atoms with Crippen LogP contribution in [-0.4, -0.2) is 23.9 Å². The zero-order chi connectivity index (χ0) is 15.1. The van der Waals surface area contributed by atoms with Crippen LogP contribution in [0.3, 0.4) is 0 Å². The van der Waals surface area contributed by atoms with Crippen molar-refractivity contribution in [3.05, 3.63) is 29.8 Å². The summed E-state index contributed by atoms with van der Waals surface area (Å²) in [5.74, 6) is 1.35. The number of hydrogen-bond donors (Lipinski definition) is 1. The minimum atomic E-state index is 0.127. The molecular weight excluding hydrogens is 266 g/mol. The molecule has 0 bridgehead atoms. The molecule has 0 N–H and O–H groups in total. The molecule has 3 heteroatoms. The Balaban J connectivity index is 2.76. The van der Waals surface area contributed by atoms with Crippen molar-refractivity contribution in [1.82, 2.24) is 4.90 Å². The fourth-order valence-corrected chi connectivity index (χ4v) is 2.19. The lowest BCUT2D eigenvalue weighted by Crippen LogP contribution is -2.34. The van der Waals surface area contributed by atoms with Gasteiger partial charge in [0.1, 0.15) is 0 Å². The first-order chi connectivity index (χ1) is 9.40. The Hall–Kier alpha value is -0.960. The van der Waals surface area contributed by atoms with Crippen molar-refractivity contribution in [2.24, 2.45) is 11.8 Å². The van der Waals surface area contributed by atoms with Crippen molar-refractivity contribution in [1.29, 1.82) is 0 Å². The number of hydrogen-bond acceptors (Lipinski definition) is 2. The lowest BCUT2D eigenvalue weighted by Gasteiger charge is -2.24. The number of carbonyl (C=O) groups is 1. The molecule has 0 unspecified atom stereocenters. The molecule has 0 aromatic heterocycles. The van der Waals surface area contributed by atoms with Gasteiger partial charge in [-0.25, -0.2) is 0 Å². The molecule has 0 aliphatic heterocycles. The Morgan fingerprint density at radius 3 is 2.10 bits per heavy atom. The average Bonchev–Trinajstić information content (AvgIpc) is 2.37. The van der Waals surface area contributed by atoms with Crippen LogP contribution in [0, 0.1) is 11.8 Å². The molecule has 0 heterocycles. The highest BCUT2D eigenvalue weighted by Gasteiger charge is 2.16. The number of benzene rings is 1. The molecule has 0 radical (unpaired) electrons. The van der Waals surface area contributed by atoms with Crippen LogP contribution in [0.5, 0.6) is 0 Å². The van der Waals surface area contributed by atoms with Crippen molar-refractivity contribution in [3.63, 3.8) is 0 Å². The number of rotatable bonds is 7. The quantitative estimate of drug-likeness (QED) is 0.733. The van der Waals surface area contributed by atoms with E-state index >= 15 is 0 Å². The third kappa shape index (κ3) is 6.00. The summed E-state index contributed by atoms with van der Waals surface area (Å²) in [7, 11) is 0. The Morgan fingerprint density at radius 2 is 1.65 bits per heavy atom. The van der Waals surface area contributed by atoms with Gasteiger partial charge in [0.15, 0.2) is 0 Å². The van der Waals surface area contributed by atoms with Gasteiger partial charge in [-0.05, 0) is 42.9 Å². The van der Waals surface area contributed by atoms with E-state index in [0.717, 1.165) is 36.4 Å². The lowest BCUT2D eigenvalue weighted by molar-refractivity contribution is 0.0740. The molecule has 0 fully saturated rings. The Labute approximate surface area is 129 Å². The molecular formula is C17H27NOS. The number of thiol groups is 1. The zero-order valence-electron chi connectivity index (χ0n) is 13.1. The van der Waals surface area contributed by atoms with Gasteiger partial charge in [0.25, 0.3) is 5.91 Å². The van der Waals surface area contributed by atoms with E-state index in [2.05, 4.69) is 40.3 Å². The predicted molar refractivity (Wildman–Crippen MR) is 88.5 cm³/mol. The molecule has 0 aliphatic carbocycles. The molecule has 1 aromatic carbocycles. The van der Waals surface area contributed by atoms with Gasteiger partial charge in [-0.1, -0.05) is 33.8 Å². The summed E-state index contributed by atoms with van der Waals surface area (Å²) in [5, 5.41) is 0. The summed E-state index contributed by atoms with van der Waals surface area (Å²) in [6.07, 6.45) is 2.09. The number of nitrogens with zero attached hydrogens (tertiary/aromatic N) is 1. The maximum absolute atomic E-state index is 12.6. The van der Waals surface area contributed by atoms with Gasteiger partial charge in [-0.15, -0.1) is 12.6 Å². The molecule has 20 heavy (non-hydrogen) atoms. The normalized spacial score (nSPS) is 11.2. The molecule has 0 saturated heterocycles. The molecule has 112 valence electrons. The maximum atomic E-state index is 12.6. The van der Waals surface area contributed by atoms with E-state index in [1.807, 2.05) is 29.2 Å². The molecule has 2 nitrogen and oxygen atoms in total. The molecule has 1 rings (SSSR count). The Morgan fingerprint density at radius 1 is 1.10 bits per heavy atom. The highest BCUT2D eigenvalue weighted by atomic mass is 32.1. The highest BCUT2D eigenvalue weighted by Crippen LogP contribution is 2.14. The van der Waals surface area contributed by atoms with Gasteiger partial charge in [0, 0.05) is 23.5 Å². The summed E-state index contributed by atoms with van der Waals surface area (Å²) in [5.41, 5.74) is 0.741. The van der Waals surface area contributed by atoms with Crippen molar-refractivity contribution in [2.45, 2.75) is 45.4 Å². The van der Waals surface area contributed by atoms with Crippen molar-refractivity contribution < 1.29 is 4.79 Å². The second-order valence-corrected chi connectivity index (χ2v) is 6.72. The fourth-order valence-electron chi connectivity index (χ4n) is 1.96. The second-order valence-electron chi connectivity index (χ2n) is 6.21. The lowest BCUT2D eigenvalue weighted by atomic mass is 10.1. The maximum Gasteiger partial charge on any atom is 0.253 e. The number of amides is 1. The third-order valence-electron chi connectivity index (χ3n) is 3.33.